The van der Waals surface area contributed by atoms with Gasteiger partial charge in [0, 0.05) is 30.7 Å². The molecular formula is C18H34IN5S. The topological polar surface area (TPSA) is 52.6 Å². The average Bonchev–Trinajstić information content (AvgIpc) is 3.06. The van der Waals surface area contributed by atoms with E-state index in [-0.39, 0.29) is 24.0 Å². The van der Waals surface area contributed by atoms with Crippen molar-refractivity contribution < 1.29 is 0 Å². The van der Waals surface area contributed by atoms with Crippen LogP contribution in [0.2, 0.25) is 0 Å². The second-order valence-electron chi connectivity index (χ2n) is 6.81. The molecule has 1 aliphatic rings. The van der Waals surface area contributed by atoms with Gasteiger partial charge in [-0.25, -0.2) is 4.98 Å². The predicted octanol–water partition coefficient (Wildman–Crippen LogP) is 3.50. The number of hydrogen-bond acceptors (Lipinski definition) is 4. The Labute approximate surface area is 174 Å². The van der Waals surface area contributed by atoms with Crippen molar-refractivity contribution >= 4 is 41.3 Å². The molecule has 0 spiro atoms. The first-order valence-corrected chi connectivity index (χ1v) is 10.00. The highest BCUT2D eigenvalue weighted by Gasteiger charge is 2.25. The molecule has 1 heterocycles. The SMILES string of the molecule is CCc1cnc(CNC(=NC)NCC(C2CCCCC2)N(C)C)s1.I. The predicted molar refractivity (Wildman–Crippen MR) is 119 cm³/mol. The summed E-state index contributed by atoms with van der Waals surface area (Å²) in [5.74, 6) is 1.66. The van der Waals surface area contributed by atoms with Gasteiger partial charge in [-0.15, -0.1) is 35.3 Å². The Balaban J connectivity index is 0.00000312. The molecule has 5 nitrogen and oxygen atoms in total. The second kappa shape index (κ2) is 12.1. The lowest BCUT2D eigenvalue weighted by molar-refractivity contribution is 0.171. The van der Waals surface area contributed by atoms with E-state index in [1.165, 1.54) is 37.0 Å². The molecule has 144 valence electrons. The number of aryl methyl sites for hydroxylation is 1. The Bertz CT molecular complexity index is 511. The average molecular weight is 479 g/mol. The summed E-state index contributed by atoms with van der Waals surface area (Å²) in [4.78, 5) is 12.5. The van der Waals surface area contributed by atoms with Crippen LogP contribution in [0, 0.1) is 5.92 Å². The molecule has 25 heavy (non-hydrogen) atoms. The molecule has 0 bridgehead atoms. The smallest absolute Gasteiger partial charge is 0.191 e. The van der Waals surface area contributed by atoms with Crippen molar-refractivity contribution in [2.75, 3.05) is 27.7 Å². The largest absolute Gasteiger partial charge is 0.355 e. The number of halogens is 1. The highest BCUT2D eigenvalue weighted by molar-refractivity contribution is 14.0. The highest BCUT2D eigenvalue weighted by atomic mass is 127. The number of aromatic nitrogens is 1. The molecule has 2 rings (SSSR count). The number of thiazole rings is 1. The third-order valence-electron chi connectivity index (χ3n) is 4.92. The quantitative estimate of drug-likeness (QED) is 0.357. The molecule has 0 aromatic carbocycles. The number of nitrogens with zero attached hydrogens (tertiary/aromatic N) is 3. The van der Waals surface area contributed by atoms with Gasteiger partial charge in [-0.2, -0.15) is 0 Å². The normalized spacial score (nSPS) is 17.2. The Morgan fingerprint density at radius 3 is 2.60 bits per heavy atom. The molecule has 1 saturated carbocycles. The lowest BCUT2D eigenvalue weighted by atomic mass is 9.83. The van der Waals surface area contributed by atoms with Gasteiger partial charge >= 0.3 is 0 Å². The van der Waals surface area contributed by atoms with Crippen molar-refractivity contribution in [2.45, 2.75) is 58.0 Å². The first kappa shape index (κ1) is 22.6. The molecule has 1 aliphatic carbocycles. The Kier molecular flexibility index (Phi) is 10.9. The molecule has 0 amide bonds. The maximum absolute atomic E-state index is 4.46. The van der Waals surface area contributed by atoms with E-state index in [1.54, 1.807) is 11.3 Å². The van der Waals surface area contributed by atoms with Crippen molar-refractivity contribution in [3.8, 4) is 0 Å². The van der Waals surface area contributed by atoms with Gasteiger partial charge in [-0.1, -0.05) is 26.2 Å². The van der Waals surface area contributed by atoms with Gasteiger partial charge in [-0.05, 0) is 39.3 Å². The molecule has 0 saturated heterocycles. The lowest BCUT2D eigenvalue weighted by Gasteiger charge is -2.35. The molecule has 0 radical (unpaired) electrons. The van der Waals surface area contributed by atoms with E-state index < -0.39 is 0 Å². The van der Waals surface area contributed by atoms with E-state index in [0.29, 0.717) is 6.04 Å². The van der Waals surface area contributed by atoms with Crippen molar-refractivity contribution in [1.82, 2.24) is 20.5 Å². The van der Waals surface area contributed by atoms with E-state index in [4.69, 9.17) is 0 Å². The van der Waals surface area contributed by atoms with Gasteiger partial charge in [0.15, 0.2) is 5.96 Å². The maximum atomic E-state index is 4.46. The molecular weight excluding hydrogens is 445 g/mol. The summed E-state index contributed by atoms with van der Waals surface area (Å²) < 4.78 is 0. The Morgan fingerprint density at radius 1 is 1.32 bits per heavy atom. The summed E-state index contributed by atoms with van der Waals surface area (Å²) in [6, 6.07) is 0.565. The minimum atomic E-state index is 0. The molecule has 0 aliphatic heterocycles. The van der Waals surface area contributed by atoms with Crippen LogP contribution in [0.15, 0.2) is 11.2 Å². The van der Waals surface area contributed by atoms with Crippen LogP contribution in [0.1, 0.15) is 48.9 Å². The van der Waals surface area contributed by atoms with Crippen molar-refractivity contribution in [3.63, 3.8) is 0 Å². The summed E-state index contributed by atoms with van der Waals surface area (Å²) in [6.45, 7) is 3.84. The van der Waals surface area contributed by atoms with Crippen LogP contribution in [0.3, 0.4) is 0 Å². The van der Waals surface area contributed by atoms with Gasteiger partial charge in [-0.3, -0.25) is 4.99 Å². The van der Waals surface area contributed by atoms with Crippen LogP contribution in [-0.4, -0.2) is 49.6 Å². The first-order chi connectivity index (χ1) is 11.6. The molecule has 1 unspecified atom stereocenters. The Morgan fingerprint density at radius 2 is 2.04 bits per heavy atom. The van der Waals surface area contributed by atoms with Crippen LogP contribution >= 0.6 is 35.3 Å². The highest BCUT2D eigenvalue weighted by Crippen LogP contribution is 2.28. The second-order valence-corrected chi connectivity index (χ2v) is 8.01. The first-order valence-electron chi connectivity index (χ1n) is 9.18. The molecule has 1 aromatic heterocycles. The number of rotatable bonds is 7. The number of likely N-dealkylation sites (N-methyl/N-ethyl adjacent to an activating group) is 1. The van der Waals surface area contributed by atoms with E-state index >= 15 is 0 Å². The van der Waals surface area contributed by atoms with Gasteiger partial charge < -0.3 is 15.5 Å². The van der Waals surface area contributed by atoms with E-state index in [2.05, 4.69) is 46.5 Å². The summed E-state index contributed by atoms with van der Waals surface area (Å²) in [5.41, 5.74) is 0. The minimum absolute atomic E-state index is 0. The van der Waals surface area contributed by atoms with Crippen LogP contribution in [0.25, 0.3) is 0 Å². The number of nitrogens with one attached hydrogen (secondary N) is 2. The maximum Gasteiger partial charge on any atom is 0.191 e. The van der Waals surface area contributed by atoms with Gasteiger partial charge in [0.2, 0.25) is 0 Å². The molecule has 1 aromatic rings. The molecule has 7 heteroatoms. The van der Waals surface area contributed by atoms with Gasteiger partial charge in [0.25, 0.3) is 0 Å². The fraction of sp³-hybridized carbons (Fsp3) is 0.778. The fourth-order valence-corrected chi connectivity index (χ4v) is 4.27. The van der Waals surface area contributed by atoms with Crippen LogP contribution in [-0.2, 0) is 13.0 Å². The lowest BCUT2D eigenvalue weighted by Crippen LogP contribution is -2.48. The standard InChI is InChI=1S/C18H33N5S.HI/c1-5-15-11-20-17(24-15)13-22-18(19-2)21-12-16(23(3)4)14-9-7-6-8-10-14;/h11,14,16H,5-10,12-13H2,1-4H3,(H2,19,21,22);1H. The Hall–Kier alpha value is -0.410. The summed E-state index contributed by atoms with van der Waals surface area (Å²) in [5, 5.41) is 8.02. The summed E-state index contributed by atoms with van der Waals surface area (Å²) >= 11 is 1.77. The monoisotopic (exact) mass is 479 g/mol. The zero-order valence-corrected chi connectivity index (χ0v) is 19.2. The minimum Gasteiger partial charge on any atom is -0.355 e. The van der Waals surface area contributed by atoms with Crippen molar-refractivity contribution in [3.05, 3.63) is 16.1 Å². The van der Waals surface area contributed by atoms with E-state index in [0.717, 1.165) is 36.4 Å². The van der Waals surface area contributed by atoms with E-state index in [1.807, 2.05) is 13.2 Å². The van der Waals surface area contributed by atoms with Crippen molar-refractivity contribution in [2.24, 2.45) is 10.9 Å². The van der Waals surface area contributed by atoms with E-state index in [9.17, 15) is 0 Å². The molecule has 1 fully saturated rings. The number of aliphatic imine (C=N–C) groups is 1. The van der Waals surface area contributed by atoms with Gasteiger partial charge in [0.1, 0.15) is 5.01 Å². The zero-order chi connectivity index (χ0) is 17.4. The number of guanidine groups is 1. The fourth-order valence-electron chi connectivity index (χ4n) is 3.46. The third kappa shape index (κ3) is 7.38. The van der Waals surface area contributed by atoms with Crippen LogP contribution in [0.5, 0.6) is 0 Å². The summed E-state index contributed by atoms with van der Waals surface area (Å²) in [6.07, 6.45) is 9.91. The molecule has 1 atom stereocenters. The van der Waals surface area contributed by atoms with Crippen molar-refractivity contribution in [1.29, 1.82) is 0 Å². The number of hydrogen-bond donors (Lipinski definition) is 2. The van der Waals surface area contributed by atoms with Gasteiger partial charge in [0.05, 0.1) is 6.54 Å². The zero-order valence-electron chi connectivity index (χ0n) is 16.0. The molecule has 2 N–H and O–H groups in total. The summed E-state index contributed by atoms with van der Waals surface area (Å²) in [7, 11) is 6.22. The van der Waals surface area contributed by atoms with Crippen LogP contribution < -0.4 is 10.6 Å². The third-order valence-corrected chi connectivity index (χ3v) is 6.06. The van der Waals surface area contributed by atoms with Crippen LogP contribution in [0.4, 0.5) is 0 Å².